The molecule has 0 spiro atoms. The Morgan fingerprint density at radius 3 is 0.625 bits per heavy atom. The van der Waals surface area contributed by atoms with Gasteiger partial charge in [-0.25, -0.2) is 0 Å². The molecule has 0 unspecified atom stereocenters. The van der Waals surface area contributed by atoms with Crippen molar-refractivity contribution in [3.63, 3.8) is 0 Å². The average molecular weight is 949 g/mol. The molecule has 8 bridgehead atoms. The van der Waals surface area contributed by atoms with Crippen LogP contribution in [0.3, 0.4) is 0 Å². The molecule has 8 aromatic rings. The summed E-state index contributed by atoms with van der Waals surface area (Å²) < 4.78 is 0. The summed E-state index contributed by atoms with van der Waals surface area (Å²) in [6.45, 7) is 16.5. The SMILES string of the molecule is Cc1ccc(C=Nc2cc3c(O)c(c2)Cc2cc(N=Cc4ccc(C)cc4C)cc(c2O)Cc2cc(N=Cc4ccc(C)cc4C)cc(c2O)Cc2cc(N=Cc4ccc(C)cc4C)cc(c2O)C3)c(C)c1. The largest absolute Gasteiger partial charge is 0.507 e. The molecule has 4 N–H and O–H groups in total. The van der Waals surface area contributed by atoms with Crippen LogP contribution in [0.15, 0.2) is 141 Å². The lowest BCUT2D eigenvalue weighted by Gasteiger charge is -2.19. The van der Waals surface area contributed by atoms with E-state index in [1.54, 1.807) is 0 Å². The van der Waals surface area contributed by atoms with E-state index in [0.29, 0.717) is 67.3 Å². The minimum Gasteiger partial charge on any atom is -0.507 e. The molecular weight excluding hydrogens is 889 g/mol. The van der Waals surface area contributed by atoms with Crippen LogP contribution in [0.5, 0.6) is 23.0 Å². The van der Waals surface area contributed by atoms with Gasteiger partial charge in [0.2, 0.25) is 0 Å². The molecular formula is C64H60N4O4. The molecule has 0 aromatic heterocycles. The summed E-state index contributed by atoms with van der Waals surface area (Å²) in [5.41, 5.74) is 19.4. The van der Waals surface area contributed by atoms with Crippen LogP contribution in [0.1, 0.15) is 111 Å². The second-order valence-electron chi connectivity index (χ2n) is 19.6. The maximum absolute atomic E-state index is 12.3. The minimum atomic E-state index is 0.0250. The highest BCUT2D eigenvalue weighted by molar-refractivity contribution is 5.87. The third-order valence-corrected chi connectivity index (χ3v) is 13.6. The summed E-state index contributed by atoms with van der Waals surface area (Å²) >= 11 is 0. The van der Waals surface area contributed by atoms with Crippen molar-refractivity contribution in [3.05, 3.63) is 233 Å². The quantitative estimate of drug-likeness (QED) is 0.113. The van der Waals surface area contributed by atoms with Crippen molar-refractivity contribution in [2.75, 3.05) is 0 Å². The van der Waals surface area contributed by atoms with Gasteiger partial charge in [0, 0.05) is 95.0 Å². The van der Waals surface area contributed by atoms with Gasteiger partial charge in [0.15, 0.2) is 0 Å². The Kier molecular flexibility index (Phi) is 13.9. The normalized spacial score (nSPS) is 12.8. The van der Waals surface area contributed by atoms with Gasteiger partial charge >= 0.3 is 0 Å². The molecule has 9 rings (SSSR count). The van der Waals surface area contributed by atoms with E-state index < -0.39 is 0 Å². The summed E-state index contributed by atoms with van der Waals surface area (Å²) in [7, 11) is 0. The highest BCUT2D eigenvalue weighted by atomic mass is 16.3. The monoisotopic (exact) mass is 948 g/mol. The van der Waals surface area contributed by atoms with E-state index in [1.165, 1.54) is 0 Å². The fourth-order valence-corrected chi connectivity index (χ4v) is 9.62. The Hall–Kier alpha value is -8.36. The van der Waals surface area contributed by atoms with Gasteiger partial charge in [0.1, 0.15) is 23.0 Å². The Bertz CT molecular complexity index is 3000. The van der Waals surface area contributed by atoms with Gasteiger partial charge in [-0.3, -0.25) is 20.0 Å². The summed E-state index contributed by atoms with van der Waals surface area (Å²) in [5.74, 6) is 0.100. The van der Waals surface area contributed by atoms with Gasteiger partial charge < -0.3 is 20.4 Å². The van der Waals surface area contributed by atoms with Crippen LogP contribution in [0.2, 0.25) is 0 Å². The molecule has 0 aliphatic heterocycles. The Balaban J connectivity index is 1.25. The van der Waals surface area contributed by atoms with Crippen LogP contribution in [-0.2, 0) is 25.7 Å². The van der Waals surface area contributed by atoms with Gasteiger partial charge in [-0.15, -0.1) is 0 Å². The average Bonchev–Trinajstić information content (AvgIpc) is 3.33. The highest BCUT2D eigenvalue weighted by Crippen LogP contribution is 2.42. The third-order valence-electron chi connectivity index (χ3n) is 13.6. The van der Waals surface area contributed by atoms with Crippen molar-refractivity contribution in [1.82, 2.24) is 0 Å². The van der Waals surface area contributed by atoms with E-state index in [1.807, 2.05) is 97.7 Å². The predicted octanol–water partition coefficient (Wildman–Crippen LogP) is 14.7. The Morgan fingerprint density at radius 1 is 0.278 bits per heavy atom. The molecule has 8 nitrogen and oxygen atoms in total. The summed E-state index contributed by atoms with van der Waals surface area (Å²) in [6, 6.07) is 39.6. The minimum absolute atomic E-state index is 0.0250. The summed E-state index contributed by atoms with van der Waals surface area (Å²) in [5, 5.41) is 49.4. The molecule has 0 amide bonds. The second-order valence-corrected chi connectivity index (χ2v) is 19.6. The van der Waals surface area contributed by atoms with Crippen molar-refractivity contribution in [1.29, 1.82) is 0 Å². The van der Waals surface area contributed by atoms with Crippen LogP contribution in [0.25, 0.3) is 0 Å². The van der Waals surface area contributed by atoms with E-state index in [2.05, 4.69) is 104 Å². The number of nitrogens with zero attached hydrogens (tertiary/aromatic N) is 4. The molecule has 0 saturated carbocycles. The number of phenols is 4. The standard InChI is InChI=1S/C64H60N4O4/c1-37-9-13-45(41(5)17-37)33-65-57-25-49-21-51-27-58(66-34-46-14-10-38(2)18-42(46)6)29-53(62(51)70)23-55-31-60(68-36-48-16-12-40(4)20-44(48)8)32-56(64(55)72)24-54-30-59(67-35-47-15-11-39(3)19-43(47)7)28-52(63(54)71)22-50(26-57)61(49)69/h9-20,25-36,69-72H,21-24H2,1-8H3. The predicted molar refractivity (Wildman–Crippen MR) is 296 cm³/mol. The molecule has 360 valence electrons. The Labute approximate surface area is 422 Å². The van der Waals surface area contributed by atoms with Gasteiger partial charge in [-0.1, -0.05) is 95.1 Å². The number of hydrogen-bond donors (Lipinski definition) is 4. The van der Waals surface area contributed by atoms with Crippen molar-refractivity contribution in [2.24, 2.45) is 20.0 Å². The third kappa shape index (κ3) is 11.0. The van der Waals surface area contributed by atoms with E-state index >= 15 is 0 Å². The number of fused-ring (bicyclic) bond motifs is 8. The molecule has 8 heteroatoms. The zero-order valence-electron chi connectivity index (χ0n) is 42.3. The number of aliphatic imine (C=N–C) groups is 4. The van der Waals surface area contributed by atoms with E-state index in [9.17, 15) is 20.4 Å². The first-order valence-electron chi connectivity index (χ1n) is 24.4. The molecule has 0 radical (unpaired) electrons. The summed E-state index contributed by atoms with van der Waals surface area (Å²) in [4.78, 5) is 19.9. The van der Waals surface area contributed by atoms with Gasteiger partial charge in [0.25, 0.3) is 0 Å². The first-order chi connectivity index (χ1) is 34.5. The topological polar surface area (TPSA) is 130 Å². The van der Waals surface area contributed by atoms with Crippen molar-refractivity contribution in [2.45, 2.75) is 81.1 Å². The number of aryl methyl sites for hydroxylation is 8. The number of rotatable bonds is 8. The molecule has 1 aliphatic carbocycles. The van der Waals surface area contributed by atoms with E-state index in [0.717, 1.165) is 66.8 Å². The van der Waals surface area contributed by atoms with Crippen LogP contribution in [-0.4, -0.2) is 45.3 Å². The smallest absolute Gasteiger partial charge is 0.122 e. The maximum Gasteiger partial charge on any atom is 0.122 e. The zero-order chi connectivity index (χ0) is 50.8. The lowest BCUT2D eigenvalue weighted by molar-refractivity contribution is 0.450. The summed E-state index contributed by atoms with van der Waals surface area (Å²) in [6.07, 6.45) is 7.79. The number of aromatic hydroxyl groups is 4. The molecule has 0 saturated heterocycles. The molecule has 72 heavy (non-hydrogen) atoms. The number of benzene rings is 8. The number of hydrogen-bond acceptors (Lipinski definition) is 8. The molecule has 8 aromatic carbocycles. The van der Waals surface area contributed by atoms with Crippen molar-refractivity contribution >= 4 is 47.6 Å². The van der Waals surface area contributed by atoms with Crippen LogP contribution in [0.4, 0.5) is 22.7 Å². The number of phenolic OH excluding ortho intramolecular Hbond substituents is 4. The van der Waals surface area contributed by atoms with Crippen LogP contribution < -0.4 is 0 Å². The lowest BCUT2D eigenvalue weighted by atomic mass is 9.90. The van der Waals surface area contributed by atoms with E-state index in [4.69, 9.17) is 20.0 Å². The van der Waals surface area contributed by atoms with Crippen molar-refractivity contribution < 1.29 is 20.4 Å². The fraction of sp³-hybridized carbons (Fsp3) is 0.188. The molecule has 0 heterocycles. The van der Waals surface area contributed by atoms with E-state index in [-0.39, 0.29) is 48.7 Å². The van der Waals surface area contributed by atoms with Crippen molar-refractivity contribution in [3.8, 4) is 23.0 Å². The van der Waals surface area contributed by atoms with Gasteiger partial charge in [0.05, 0.1) is 22.7 Å². The van der Waals surface area contributed by atoms with Gasteiger partial charge in [-0.05, 0) is 148 Å². The lowest BCUT2D eigenvalue weighted by Crippen LogP contribution is -2.01. The van der Waals surface area contributed by atoms with Crippen LogP contribution in [0, 0.1) is 55.4 Å². The highest BCUT2D eigenvalue weighted by Gasteiger charge is 2.22. The molecule has 1 aliphatic rings. The van der Waals surface area contributed by atoms with Gasteiger partial charge in [-0.2, -0.15) is 0 Å². The maximum atomic E-state index is 12.3. The Morgan fingerprint density at radius 2 is 0.458 bits per heavy atom. The molecule has 0 atom stereocenters. The second kappa shape index (κ2) is 20.5. The first kappa shape index (κ1) is 48.7. The first-order valence-corrected chi connectivity index (χ1v) is 24.4. The zero-order valence-corrected chi connectivity index (χ0v) is 42.3. The van der Waals surface area contributed by atoms with Crippen LogP contribution >= 0.6 is 0 Å². The molecule has 0 fully saturated rings. The fourth-order valence-electron chi connectivity index (χ4n) is 9.62.